The van der Waals surface area contributed by atoms with Crippen LogP contribution in [0.3, 0.4) is 0 Å². The molecule has 2 rings (SSSR count). The predicted molar refractivity (Wildman–Crippen MR) is 53.1 cm³/mol. The van der Waals surface area contributed by atoms with Gasteiger partial charge in [-0.2, -0.15) is 0 Å². The van der Waals surface area contributed by atoms with E-state index >= 15 is 0 Å². The van der Waals surface area contributed by atoms with Crippen LogP contribution in [0.4, 0.5) is 0 Å². The van der Waals surface area contributed by atoms with Gasteiger partial charge in [-0.05, 0) is 18.8 Å². The molecule has 1 aliphatic carbocycles. The second kappa shape index (κ2) is 4.14. The van der Waals surface area contributed by atoms with Crippen molar-refractivity contribution < 1.29 is 19.7 Å². The van der Waals surface area contributed by atoms with Crippen LogP contribution in [0, 0.1) is 11.8 Å². The highest BCUT2D eigenvalue weighted by Crippen LogP contribution is 2.43. The van der Waals surface area contributed by atoms with E-state index in [0.29, 0.717) is 25.7 Å². The number of hydrogen-bond acceptors (Lipinski definition) is 4. The van der Waals surface area contributed by atoms with Gasteiger partial charge in [0.05, 0.1) is 12.5 Å². The molecule has 5 atom stereocenters. The van der Waals surface area contributed by atoms with Crippen molar-refractivity contribution in [2.45, 2.75) is 43.9 Å². The van der Waals surface area contributed by atoms with Gasteiger partial charge in [-0.1, -0.05) is 0 Å². The smallest absolute Gasteiger partial charge is 0.306 e. The molecule has 5 heteroatoms. The lowest BCUT2D eigenvalue weighted by atomic mass is 9.84. The Kier molecular flexibility index (Phi) is 3.02. The van der Waals surface area contributed by atoms with Crippen molar-refractivity contribution in [3.8, 4) is 0 Å². The molecule has 2 N–H and O–H groups in total. The summed E-state index contributed by atoms with van der Waals surface area (Å²) in [4.78, 5) is 11.1. The first-order valence-corrected chi connectivity index (χ1v) is 5.39. The lowest BCUT2D eigenvalue weighted by molar-refractivity contribution is -0.141. The van der Waals surface area contributed by atoms with Crippen LogP contribution in [0.25, 0.3) is 0 Å². The normalized spacial score (nSPS) is 41.3. The van der Waals surface area contributed by atoms with Gasteiger partial charge in [0, 0.05) is 18.3 Å². The second-order valence-corrected chi connectivity index (χ2v) is 4.51. The number of rotatable bonds is 3. The molecule has 2 radical (unpaired) electrons. The van der Waals surface area contributed by atoms with Gasteiger partial charge in [0.25, 0.3) is 0 Å². The summed E-state index contributed by atoms with van der Waals surface area (Å²) in [6, 6.07) is -0.839. The van der Waals surface area contributed by atoms with Crippen LogP contribution >= 0.6 is 0 Å². The van der Waals surface area contributed by atoms with Gasteiger partial charge in [0.2, 0.25) is 0 Å². The maximum Gasteiger partial charge on any atom is 0.306 e. The second-order valence-electron chi connectivity index (χ2n) is 4.51. The summed E-state index contributed by atoms with van der Waals surface area (Å²) in [5.41, 5.74) is 0. The van der Waals surface area contributed by atoms with Crippen LogP contribution in [0.15, 0.2) is 0 Å². The van der Waals surface area contributed by atoms with E-state index in [1.54, 1.807) is 0 Å². The summed E-state index contributed by atoms with van der Waals surface area (Å²) >= 11 is 0. The number of ether oxygens (including phenoxy) is 1. The monoisotopic (exact) mass is 210 g/mol. The highest BCUT2D eigenvalue weighted by atomic mass is 16.6. The first kappa shape index (κ1) is 11.0. The number of aliphatic hydroxyl groups is 2. The number of esters is 1. The zero-order valence-corrected chi connectivity index (χ0v) is 8.50. The molecular formula is C10H15BO4. The van der Waals surface area contributed by atoms with E-state index in [4.69, 9.17) is 17.7 Å². The third kappa shape index (κ3) is 2.18. The maximum absolute atomic E-state index is 11.1. The lowest BCUT2D eigenvalue weighted by Gasteiger charge is -2.19. The van der Waals surface area contributed by atoms with Gasteiger partial charge in [-0.15, -0.1) is 0 Å². The van der Waals surface area contributed by atoms with Crippen LogP contribution in [-0.4, -0.2) is 42.2 Å². The standard InChI is InChI=1S/C10H15BO4/c11-9(13)2-1-5-6-3-10(14)15-8(6)4-7(5)12/h5-9,12-13H,1-4H2/t5-,6-,7-,8+,9-/m1/s1. The molecule has 4 nitrogen and oxygen atoms in total. The molecule has 1 saturated carbocycles. The van der Waals surface area contributed by atoms with E-state index in [1.807, 2.05) is 0 Å². The van der Waals surface area contributed by atoms with Gasteiger partial charge in [-0.25, -0.2) is 0 Å². The molecule has 0 aromatic carbocycles. The minimum Gasteiger partial charge on any atom is -0.462 e. The first-order chi connectivity index (χ1) is 7.08. The number of carbonyl (C=O) groups is 1. The van der Waals surface area contributed by atoms with Crippen LogP contribution in [0.5, 0.6) is 0 Å². The van der Waals surface area contributed by atoms with Gasteiger partial charge in [0.1, 0.15) is 14.0 Å². The average Bonchev–Trinajstić information content (AvgIpc) is 2.57. The van der Waals surface area contributed by atoms with Crippen LogP contribution in [-0.2, 0) is 9.53 Å². The Morgan fingerprint density at radius 2 is 2.33 bits per heavy atom. The summed E-state index contributed by atoms with van der Waals surface area (Å²) in [5.74, 6) is -0.0129. The Balaban J connectivity index is 1.94. The Labute approximate surface area is 90.0 Å². The van der Waals surface area contributed by atoms with Crippen molar-refractivity contribution in [1.82, 2.24) is 0 Å². The molecule has 82 valence electrons. The fourth-order valence-electron chi connectivity index (χ4n) is 2.75. The molecule has 0 aromatic heterocycles. The number of carbonyl (C=O) groups excluding carboxylic acids is 1. The van der Waals surface area contributed by atoms with Crippen LogP contribution < -0.4 is 0 Å². The van der Waals surface area contributed by atoms with Gasteiger partial charge in [-0.3, -0.25) is 4.79 Å². The molecule has 1 saturated heterocycles. The van der Waals surface area contributed by atoms with Gasteiger partial charge < -0.3 is 14.9 Å². The van der Waals surface area contributed by atoms with Gasteiger partial charge >= 0.3 is 5.97 Å². The Hall–Kier alpha value is -0.545. The molecule has 1 heterocycles. The van der Waals surface area contributed by atoms with Gasteiger partial charge in [0.15, 0.2) is 0 Å². The minimum absolute atomic E-state index is 0.0413. The van der Waals surface area contributed by atoms with Crippen LogP contribution in [0.1, 0.15) is 25.7 Å². The Morgan fingerprint density at radius 1 is 1.60 bits per heavy atom. The van der Waals surface area contributed by atoms with Crippen molar-refractivity contribution >= 4 is 13.8 Å². The fraction of sp³-hybridized carbons (Fsp3) is 0.900. The van der Waals surface area contributed by atoms with E-state index in [9.17, 15) is 9.90 Å². The molecule has 0 aromatic rings. The van der Waals surface area contributed by atoms with Crippen molar-refractivity contribution in [3.05, 3.63) is 0 Å². The zero-order chi connectivity index (χ0) is 11.0. The largest absolute Gasteiger partial charge is 0.462 e. The number of aliphatic hydroxyl groups excluding tert-OH is 2. The van der Waals surface area contributed by atoms with E-state index < -0.39 is 12.1 Å². The Bertz CT molecular complexity index is 256. The summed E-state index contributed by atoms with van der Waals surface area (Å²) < 4.78 is 5.10. The fourth-order valence-corrected chi connectivity index (χ4v) is 2.75. The van der Waals surface area contributed by atoms with Crippen molar-refractivity contribution in [2.75, 3.05) is 0 Å². The van der Waals surface area contributed by atoms with Crippen molar-refractivity contribution in [3.63, 3.8) is 0 Å². The molecule has 0 unspecified atom stereocenters. The Morgan fingerprint density at radius 3 is 3.00 bits per heavy atom. The molecule has 15 heavy (non-hydrogen) atoms. The molecule has 0 amide bonds. The zero-order valence-electron chi connectivity index (χ0n) is 8.50. The lowest BCUT2D eigenvalue weighted by Crippen LogP contribution is -2.22. The summed E-state index contributed by atoms with van der Waals surface area (Å²) in [6.45, 7) is 0. The van der Waals surface area contributed by atoms with Crippen molar-refractivity contribution in [1.29, 1.82) is 0 Å². The van der Waals surface area contributed by atoms with E-state index in [2.05, 4.69) is 0 Å². The van der Waals surface area contributed by atoms with Crippen LogP contribution in [0.2, 0.25) is 0 Å². The van der Waals surface area contributed by atoms with E-state index in [0.717, 1.165) is 0 Å². The maximum atomic E-state index is 11.1. The SMILES string of the molecule is [B][C@H](O)CC[C@@H]1[C@H]2CC(=O)O[C@H]2C[C@H]1O. The highest BCUT2D eigenvalue weighted by Gasteiger charge is 2.49. The number of fused-ring (bicyclic) bond motifs is 1. The molecule has 1 aliphatic heterocycles. The van der Waals surface area contributed by atoms with Crippen molar-refractivity contribution in [2.24, 2.45) is 11.8 Å². The highest BCUT2D eigenvalue weighted by molar-refractivity contribution is 6.10. The van der Waals surface area contributed by atoms with E-state index in [-0.39, 0.29) is 23.9 Å². The summed E-state index contributed by atoms with van der Waals surface area (Å²) in [5, 5.41) is 18.8. The quantitative estimate of drug-likeness (QED) is 0.489. The number of hydrogen-bond donors (Lipinski definition) is 2. The molecule has 0 spiro atoms. The summed E-state index contributed by atoms with van der Waals surface area (Å²) in [6.07, 6.45) is 1.49. The predicted octanol–water partition coefficient (Wildman–Crippen LogP) is -0.434. The average molecular weight is 210 g/mol. The third-order valence-electron chi connectivity index (χ3n) is 3.48. The minimum atomic E-state index is -0.839. The molecule has 2 aliphatic rings. The third-order valence-corrected chi connectivity index (χ3v) is 3.48. The molecule has 2 fully saturated rings. The molecular weight excluding hydrogens is 195 g/mol. The summed E-state index contributed by atoms with van der Waals surface area (Å²) in [7, 11) is 5.26. The topological polar surface area (TPSA) is 66.8 Å². The molecule has 0 bridgehead atoms. The first-order valence-electron chi connectivity index (χ1n) is 5.39. The van der Waals surface area contributed by atoms with E-state index in [1.165, 1.54) is 0 Å².